The molecule has 1 saturated heterocycles. The van der Waals surface area contributed by atoms with Crippen molar-refractivity contribution in [2.75, 3.05) is 25.5 Å². The molecule has 1 amide bonds. The molecule has 3 atom stereocenters. The zero-order chi connectivity index (χ0) is 22.0. The molecule has 2 aromatic rings. The number of aliphatic hydroxyl groups is 1. The van der Waals surface area contributed by atoms with Crippen molar-refractivity contribution in [3.8, 4) is 5.75 Å². The number of hydrogen-bond donors (Lipinski definition) is 2. The Morgan fingerprint density at radius 2 is 1.94 bits per heavy atom. The van der Waals surface area contributed by atoms with Crippen LogP contribution in [0.15, 0.2) is 42.5 Å². The van der Waals surface area contributed by atoms with Gasteiger partial charge in [-0.15, -0.1) is 0 Å². The standard InChI is InChI=1S/C26H34N2O3/c1-18-7-12-23(19(2)16-18)27-24(29)17-28-15-14-26(30)13-5-4-6-22(26)25(28)20-8-10-21(31-3)11-9-20/h7-12,16,22,25,30H,4-6,13-15,17H2,1-3H3,(H,27,29)/t22-,25-,26+/m1/s1. The van der Waals surface area contributed by atoms with Crippen LogP contribution in [0.1, 0.15) is 54.8 Å². The number of carbonyl (C=O) groups excluding carboxylic acids is 1. The minimum Gasteiger partial charge on any atom is -0.497 e. The zero-order valence-electron chi connectivity index (χ0n) is 18.9. The molecule has 1 heterocycles. The zero-order valence-corrected chi connectivity index (χ0v) is 18.9. The van der Waals surface area contributed by atoms with Crippen LogP contribution in [0.5, 0.6) is 5.75 Å². The Kier molecular flexibility index (Phi) is 6.35. The molecule has 1 aliphatic heterocycles. The first-order valence-electron chi connectivity index (χ1n) is 11.4. The van der Waals surface area contributed by atoms with Crippen LogP contribution in [0.3, 0.4) is 0 Å². The fourth-order valence-electron chi connectivity index (χ4n) is 5.49. The summed E-state index contributed by atoms with van der Waals surface area (Å²) in [4.78, 5) is 15.3. The SMILES string of the molecule is COc1ccc([C@@H]2[C@H]3CCCC[C@]3(O)CCN2CC(=O)Nc2ccc(C)cc2C)cc1. The second-order valence-corrected chi connectivity index (χ2v) is 9.26. The normalized spacial score (nSPS) is 26.2. The van der Waals surface area contributed by atoms with Crippen LogP contribution < -0.4 is 10.1 Å². The first-order chi connectivity index (χ1) is 14.9. The lowest BCUT2D eigenvalue weighted by Crippen LogP contribution is -2.56. The number of anilines is 1. The van der Waals surface area contributed by atoms with Gasteiger partial charge in [-0.3, -0.25) is 9.69 Å². The minimum atomic E-state index is -0.636. The predicted molar refractivity (Wildman–Crippen MR) is 123 cm³/mol. The Bertz CT molecular complexity index is 927. The van der Waals surface area contributed by atoms with Crippen molar-refractivity contribution in [1.82, 2.24) is 4.90 Å². The molecule has 2 N–H and O–H groups in total. The smallest absolute Gasteiger partial charge is 0.238 e. The fraction of sp³-hybridized carbons (Fsp3) is 0.500. The van der Waals surface area contributed by atoms with Crippen molar-refractivity contribution >= 4 is 11.6 Å². The Morgan fingerprint density at radius 3 is 2.65 bits per heavy atom. The molecular formula is C26H34N2O3. The maximum Gasteiger partial charge on any atom is 0.238 e. The monoisotopic (exact) mass is 422 g/mol. The van der Waals surface area contributed by atoms with Gasteiger partial charge in [-0.2, -0.15) is 0 Å². The van der Waals surface area contributed by atoms with E-state index in [-0.39, 0.29) is 17.9 Å². The van der Waals surface area contributed by atoms with E-state index in [1.807, 2.05) is 31.2 Å². The number of rotatable bonds is 5. The number of fused-ring (bicyclic) bond motifs is 1. The second kappa shape index (κ2) is 9.01. The lowest BCUT2D eigenvalue weighted by molar-refractivity contribution is -0.135. The van der Waals surface area contributed by atoms with E-state index in [2.05, 4.69) is 35.3 Å². The lowest BCUT2D eigenvalue weighted by atomic mass is 9.66. The fourth-order valence-corrected chi connectivity index (χ4v) is 5.49. The molecule has 2 fully saturated rings. The highest BCUT2D eigenvalue weighted by atomic mass is 16.5. The van der Waals surface area contributed by atoms with E-state index in [0.717, 1.165) is 54.7 Å². The molecular weight excluding hydrogens is 388 g/mol. The predicted octanol–water partition coefficient (Wildman–Crippen LogP) is 4.62. The van der Waals surface area contributed by atoms with Gasteiger partial charge in [0, 0.05) is 24.2 Å². The summed E-state index contributed by atoms with van der Waals surface area (Å²) in [6.45, 7) is 5.10. The molecule has 0 spiro atoms. The van der Waals surface area contributed by atoms with Crippen LogP contribution in [0, 0.1) is 19.8 Å². The van der Waals surface area contributed by atoms with Crippen molar-refractivity contribution < 1.29 is 14.6 Å². The van der Waals surface area contributed by atoms with Gasteiger partial charge in [0.15, 0.2) is 0 Å². The highest BCUT2D eigenvalue weighted by molar-refractivity contribution is 5.93. The first kappa shape index (κ1) is 21.8. The van der Waals surface area contributed by atoms with Crippen LogP contribution in [-0.2, 0) is 4.79 Å². The molecule has 2 aromatic carbocycles. The molecule has 166 valence electrons. The van der Waals surface area contributed by atoms with Gasteiger partial charge in [-0.05, 0) is 62.4 Å². The number of hydrogen-bond acceptors (Lipinski definition) is 4. The minimum absolute atomic E-state index is 0.00767. The number of benzene rings is 2. The van der Waals surface area contributed by atoms with E-state index in [4.69, 9.17) is 4.74 Å². The quantitative estimate of drug-likeness (QED) is 0.738. The molecule has 0 radical (unpaired) electrons. The van der Waals surface area contributed by atoms with Gasteiger partial charge in [0.2, 0.25) is 5.91 Å². The number of methoxy groups -OCH3 is 1. The number of nitrogens with one attached hydrogen (secondary N) is 1. The third-order valence-corrected chi connectivity index (χ3v) is 7.13. The molecule has 31 heavy (non-hydrogen) atoms. The molecule has 0 unspecified atom stereocenters. The molecule has 1 saturated carbocycles. The van der Waals surface area contributed by atoms with E-state index in [1.165, 1.54) is 5.56 Å². The van der Waals surface area contributed by atoms with Gasteiger partial charge in [0.1, 0.15) is 5.75 Å². The van der Waals surface area contributed by atoms with Crippen LogP contribution >= 0.6 is 0 Å². The summed E-state index contributed by atoms with van der Waals surface area (Å²) in [5, 5.41) is 14.5. The Morgan fingerprint density at radius 1 is 1.16 bits per heavy atom. The topological polar surface area (TPSA) is 61.8 Å². The summed E-state index contributed by atoms with van der Waals surface area (Å²) >= 11 is 0. The molecule has 0 bridgehead atoms. The van der Waals surface area contributed by atoms with E-state index in [0.29, 0.717) is 13.1 Å². The molecule has 2 aliphatic rings. The summed E-state index contributed by atoms with van der Waals surface area (Å²) in [5.41, 5.74) is 3.62. The largest absolute Gasteiger partial charge is 0.497 e. The van der Waals surface area contributed by atoms with Crippen molar-refractivity contribution in [1.29, 1.82) is 0 Å². The van der Waals surface area contributed by atoms with Gasteiger partial charge in [0.25, 0.3) is 0 Å². The van der Waals surface area contributed by atoms with Crippen molar-refractivity contribution in [3.05, 3.63) is 59.2 Å². The van der Waals surface area contributed by atoms with E-state index < -0.39 is 5.60 Å². The average Bonchev–Trinajstić information content (AvgIpc) is 2.76. The number of aryl methyl sites for hydroxylation is 2. The average molecular weight is 423 g/mol. The van der Waals surface area contributed by atoms with Crippen LogP contribution in [0.2, 0.25) is 0 Å². The van der Waals surface area contributed by atoms with Gasteiger partial charge in [-0.25, -0.2) is 0 Å². The summed E-state index contributed by atoms with van der Waals surface area (Å²) < 4.78 is 5.33. The van der Waals surface area contributed by atoms with Crippen LogP contribution in [-0.4, -0.2) is 41.7 Å². The third kappa shape index (κ3) is 4.63. The summed E-state index contributed by atoms with van der Waals surface area (Å²) in [5.74, 6) is 0.946. The highest BCUT2D eigenvalue weighted by Crippen LogP contribution is 2.49. The van der Waals surface area contributed by atoms with E-state index >= 15 is 0 Å². The van der Waals surface area contributed by atoms with Crippen LogP contribution in [0.4, 0.5) is 5.69 Å². The van der Waals surface area contributed by atoms with Crippen LogP contribution in [0.25, 0.3) is 0 Å². The first-order valence-corrected chi connectivity index (χ1v) is 11.4. The number of nitrogens with zero attached hydrogens (tertiary/aromatic N) is 1. The Labute approximate surface area is 185 Å². The van der Waals surface area contributed by atoms with Crippen molar-refractivity contribution in [3.63, 3.8) is 0 Å². The third-order valence-electron chi connectivity index (χ3n) is 7.13. The number of ether oxygens (including phenoxy) is 1. The van der Waals surface area contributed by atoms with Crippen molar-refractivity contribution in [2.24, 2.45) is 5.92 Å². The molecule has 1 aliphatic carbocycles. The maximum absolute atomic E-state index is 13.0. The summed E-state index contributed by atoms with van der Waals surface area (Å²) in [7, 11) is 1.67. The van der Waals surface area contributed by atoms with E-state index in [9.17, 15) is 9.90 Å². The Balaban J connectivity index is 1.57. The number of likely N-dealkylation sites (tertiary alicyclic amines) is 1. The van der Waals surface area contributed by atoms with E-state index in [1.54, 1.807) is 7.11 Å². The summed E-state index contributed by atoms with van der Waals surface area (Å²) in [6, 6.07) is 14.2. The number of carbonyl (C=O) groups is 1. The molecule has 5 heteroatoms. The van der Waals surface area contributed by atoms with Gasteiger partial charge < -0.3 is 15.2 Å². The highest BCUT2D eigenvalue weighted by Gasteiger charge is 2.49. The van der Waals surface area contributed by atoms with Gasteiger partial charge in [-0.1, -0.05) is 42.7 Å². The molecule has 5 nitrogen and oxygen atoms in total. The second-order valence-electron chi connectivity index (χ2n) is 9.26. The van der Waals surface area contributed by atoms with Gasteiger partial charge >= 0.3 is 0 Å². The molecule has 0 aromatic heterocycles. The maximum atomic E-state index is 13.0. The lowest BCUT2D eigenvalue weighted by Gasteiger charge is -2.52. The van der Waals surface area contributed by atoms with Crippen molar-refractivity contribution in [2.45, 2.75) is 57.6 Å². The Hall–Kier alpha value is -2.37. The number of piperidine rings is 1. The molecule has 4 rings (SSSR count). The summed E-state index contributed by atoms with van der Waals surface area (Å²) in [6.07, 6.45) is 4.77. The number of amides is 1. The van der Waals surface area contributed by atoms with Gasteiger partial charge in [0.05, 0.1) is 19.3 Å².